The Morgan fingerprint density at radius 1 is 1.78 bits per heavy atom. The average Bonchev–Trinajstić information content (AvgIpc) is 2.18. The lowest BCUT2D eigenvalue weighted by Crippen LogP contribution is -1.79. The van der Waals surface area contributed by atoms with Gasteiger partial charge in [0.2, 0.25) is 0 Å². The molecule has 0 saturated carbocycles. The van der Waals surface area contributed by atoms with E-state index < -0.39 is 0 Å². The van der Waals surface area contributed by atoms with Crippen molar-refractivity contribution in [2.24, 2.45) is 0 Å². The SMILES string of the molecule is C=CCC1=C(O)CC=C1. The van der Waals surface area contributed by atoms with E-state index in [4.69, 9.17) is 5.11 Å². The van der Waals surface area contributed by atoms with Gasteiger partial charge in [-0.25, -0.2) is 0 Å². The summed E-state index contributed by atoms with van der Waals surface area (Å²) in [7, 11) is 0. The van der Waals surface area contributed by atoms with Crippen molar-refractivity contribution in [3.63, 3.8) is 0 Å². The van der Waals surface area contributed by atoms with Crippen LogP contribution in [0.4, 0.5) is 0 Å². The van der Waals surface area contributed by atoms with Gasteiger partial charge in [0.15, 0.2) is 0 Å². The molecule has 48 valence electrons. The molecule has 0 spiro atoms. The molecule has 0 fully saturated rings. The fraction of sp³-hybridized carbons (Fsp3) is 0.250. The van der Waals surface area contributed by atoms with Crippen molar-refractivity contribution in [2.45, 2.75) is 12.8 Å². The minimum atomic E-state index is 0.495. The van der Waals surface area contributed by atoms with Gasteiger partial charge in [-0.05, 0) is 12.0 Å². The summed E-state index contributed by atoms with van der Waals surface area (Å²) in [5.41, 5.74) is 1.00. The average molecular weight is 122 g/mol. The molecule has 0 aromatic carbocycles. The highest BCUT2D eigenvalue weighted by Crippen LogP contribution is 2.18. The van der Waals surface area contributed by atoms with Crippen LogP contribution in [-0.2, 0) is 0 Å². The molecule has 1 nitrogen and oxygen atoms in total. The number of aliphatic hydroxyl groups is 1. The lowest BCUT2D eigenvalue weighted by atomic mass is 10.2. The molecule has 0 atom stereocenters. The van der Waals surface area contributed by atoms with E-state index in [2.05, 4.69) is 6.58 Å². The molecule has 1 rings (SSSR count). The zero-order chi connectivity index (χ0) is 6.69. The van der Waals surface area contributed by atoms with Crippen LogP contribution in [0, 0.1) is 0 Å². The second kappa shape index (κ2) is 2.53. The van der Waals surface area contributed by atoms with Crippen molar-refractivity contribution in [1.82, 2.24) is 0 Å². The second-order valence-electron chi connectivity index (χ2n) is 2.07. The smallest absolute Gasteiger partial charge is 0.0995 e. The van der Waals surface area contributed by atoms with Crippen LogP contribution < -0.4 is 0 Å². The number of aliphatic hydroxyl groups excluding tert-OH is 1. The van der Waals surface area contributed by atoms with Crippen LogP contribution in [-0.4, -0.2) is 5.11 Å². The summed E-state index contributed by atoms with van der Waals surface area (Å²) in [5, 5.41) is 9.09. The first-order valence-electron chi connectivity index (χ1n) is 3.03. The van der Waals surface area contributed by atoms with Crippen LogP contribution in [0.15, 0.2) is 36.1 Å². The molecule has 1 aliphatic rings. The predicted molar refractivity (Wildman–Crippen MR) is 38.2 cm³/mol. The first-order valence-corrected chi connectivity index (χ1v) is 3.03. The molecule has 0 bridgehead atoms. The van der Waals surface area contributed by atoms with Crippen LogP contribution in [0.2, 0.25) is 0 Å². The van der Waals surface area contributed by atoms with Gasteiger partial charge in [-0.1, -0.05) is 18.2 Å². The van der Waals surface area contributed by atoms with Gasteiger partial charge in [0, 0.05) is 6.42 Å². The van der Waals surface area contributed by atoms with E-state index in [0.29, 0.717) is 12.2 Å². The molecule has 9 heavy (non-hydrogen) atoms. The molecule has 1 aliphatic carbocycles. The Balaban J connectivity index is 2.64. The van der Waals surface area contributed by atoms with Crippen LogP contribution in [0.25, 0.3) is 0 Å². The normalized spacial score (nSPS) is 16.9. The fourth-order valence-electron chi connectivity index (χ4n) is 0.881. The molecule has 0 aliphatic heterocycles. The van der Waals surface area contributed by atoms with Gasteiger partial charge in [-0.2, -0.15) is 0 Å². The molecule has 0 unspecified atom stereocenters. The molecule has 0 heterocycles. The van der Waals surface area contributed by atoms with E-state index >= 15 is 0 Å². The van der Waals surface area contributed by atoms with E-state index in [-0.39, 0.29) is 0 Å². The van der Waals surface area contributed by atoms with Crippen molar-refractivity contribution in [3.8, 4) is 0 Å². The highest BCUT2D eigenvalue weighted by molar-refractivity contribution is 5.31. The maximum Gasteiger partial charge on any atom is 0.0995 e. The van der Waals surface area contributed by atoms with Gasteiger partial charge < -0.3 is 5.11 Å². The maximum atomic E-state index is 9.09. The van der Waals surface area contributed by atoms with Crippen LogP contribution in [0.1, 0.15) is 12.8 Å². The molecule has 0 aromatic heterocycles. The van der Waals surface area contributed by atoms with Crippen LogP contribution >= 0.6 is 0 Å². The zero-order valence-electron chi connectivity index (χ0n) is 5.30. The summed E-state index contributed by atoms with van der Waals surface area (Å²) < 4.78 is 0. The first-order chi connectivity index (χ1) is 4.34. The third kappa shape index (κ3) is 1.22. The first kappa shape index (κ1) is 6.14. The van der Waals surface area contributed by atoms with E-state index in [9.17, 15) is 0 Å². The zero-order valence-corrected chi connectivity index (χ0v) is 5.30. The monoisotopic (exact) mass is 122 g/mol. The molecule has 0 saturated heterocycles. The van der Waals surface area contributed by atoms with Crippen molar-refractivity contribution in [3.05, 3.63) is 36.1 Å². The number of hydrogen-bond donors (Lipinski definition) is 1. The lowest BCUT2D eigenvalue weighted by molar-refractivity contribution is 0.399. The molecular formula is C8H10O. The molecule has 1 N–H and O–H groups in total. The van der Waals surface area contributed by atoms with E-state index in [1.807, 2.05) is 12.2 Å². The Labute approximate surface area is 55.0 Å². The summed E-state index contributed by atoms with van der Waals surface area (Å²) in [5.74, 6) is 0.495. The highest BCUT2D eigenvalue weighted by atomic mass is 16.3. The Morgan fingerprint density at radius 2 is 2.56 bits per heavy atom. The summed E-state index contributed by atoms with van der Waals surface area (Å²) in [6.45, 7) is 3.58. The largest absolute Gasteiger partial charge is 0.512 e. The van der Waals surface area contributed by atoms with E-state index in [1.54, 1.807) is 6.08 Å². The highest BCUT2D eigenvalue weighted by Gasteiger charge is 2.03. The van der Waals surface area contributed by atoms with Gasteiger partial charge >= 0.3 is 0 Å². The van der Waals surface area contributed by atoms with Gasteiger partial charge in [0.05, 0.1) is 5.76 Å². The Bertz CT molecular complexity index is 175. The minimum absolute atomic E-state index is 0.495. The van der Waals surface area contributed by atoms with Gasteiger partial charge in [0.25, 0.3) is 0 Å². The Hall–Kier alpha value is -0.980. The van der Waals surface area contributed by atoms with Crippen LogP contribution in [0.3, 0.4) is 0 Å². The molecular weight excluding hydrogens is 112 g/mol. The molecule has 0 aromatic rings. The topological polar surface area (TPSA) is 20.2 Å². The molecule has 0 amide bonds. The van der Waals surface area contributed by atoms with Crippen molar-refractivity contribution in [2.75, 3.05) is 0 Å². The maximum absolute atomic E-state index is 9.09. The van der Waals surface area contributed by atoms with E-state index in [1.165, 1.54) is 0 Å². The quantitative estimate of drug-likeness (QED) is 0.557. The van der Waals surface area contributed by atoms with Crippen molar-refractivity contribution >= 4 is 0 Å². The third-order valence-corrected chi connectivity index (χ3v) is 1.37. The number of allylic oxidation sites excluding steroid dienone is 4. The predicted octanol–water partition coefficient (Wildman–Crippen LogP) is 2.33. The van der Waals surface area contributed by atoms with Gasteiger partial charge in [0.1, 0.15) is 0 Å². The molecule has 1 heteroatoms. The van der Waals surface area contributed by atoms with Gasteiger partial charge in [-0.15, -0.1) is 6.58 Å². The summed E-state index contributed by atoms with van der Waals surface area (Å²) >= 11 is 0. The third-order valence-electron chi connectivity index (χ3n) is 1.37. The number of rotatable bonds is 2. The summed E-state index contributed by atoms with van der Waals surface area (Å²) in [6.07, 6.45) is 7.16. The Morgan fingerprint density at radius 3 is 3.00 bits per heavy atom. The summed E-state index contributed by atoms with van der Waals surface area (Å²) in [4.78, 5) is 0. The van der Waals surface area contributed by atoms with Crippen molar-refractivity contribution < 1.29 is 5.11 Å². The Kier molecular flexibility index (Phi) is 1.73. The van der Waals surface area contributed by atoms with Crippen molar-refractivity contribution in [1.29, 1.82) is 0 Å². The number of hydrogen-bond acceptors (Lipinski definition) is 1. The molecule has 0 radical (unpaired) electrons. The second-order valence-corrected chi connectivity index (χ2v) is 2.07. The van der Waals surface area contributed by atoms with E-state index in [0.717, 1.165) is 12.0 Å². The standard InChI is InChI=1S/C8H10O/c1-2-4-7-5-3-6-8(7)9/h2-3,5,9H,1,4,6H2. The fourth-order valence-corrected chi connectivity index (χ4v) is 0.881. The van der Waals surface area contributed by atoms with Crippen LogP contribution in [0.5, 0.6) is 0 Å². The minimum Gasteiger partial charge on any atom is -0.512 e. The van der Waals surface area contributed by atoms with Gasteiger partial charge in [-0.3, -0.25) is 0 Å². The lowest BCUT2D eigenvalue weighted by Gasteiger charge is -1.93. The summed E-state index contributed by atoms with van der Waals surface area (Å²) in [6, 6.07) is 0.